The number of nitrogens with one attached hydrogen (secondary N) is 1. The standard InChI is InChI=1S/C18H18FN3O3S/c1-10(3-8-16(23)24)20-17(25)15-9-14-11(2)21-22(18(14)26-15)13-6-4-12(19)5-7-13/h4-7,9-10H,3,8H2,1-2H3,(H,20,25)(H,23,24). The van der Waals surface area contributed by atoms with E-state index in [2.05, 4.69) is 10.4 Å². The normalized spacial score (nSPS) is 12.3. The van der Waals surface area contributed by atoms with Gasteiger partial charge in [0.2, 0.25) is 0 Å². The number of halogens is 1. The summed E-state index contributed by atoms with van der Waals surface area (Å²) < 4.78 is 14.8. The van der Waals surface area contributed by atoms with Crippen LogP contribution >= 0.6 is 11.3 Å². The molecule has 1 atom stereocenters. The van der Waals surface area contributed by atoms with E-state index in [1.54, 1.807) is 29.8 Å². The Balaban J connectivity index is 1.85. The molecule has 1 amide bonds. The quantitative estimate of drug-likeness (QED) is 0.690. The molecule has 1 unspecified atom stereocenters. The number of hydrogen-bond donors (Lipinski definition) is 2. The predicted molar refractivity (Wildman–Crippen MR) is 97.4 cm³/mol. The molecule has 136 valence electrons. The van der Waals surface area contributed by atoms with Crippen molar-refractivity contribution in [3.63, 3.8) is 0 Å². The maximum absolute atomic E-state index is 13.1. The molecule has 0 aliphatic rings. The molecule has 0 radical (unpaired) electrons. The van der Waals surface area contributed by atoms with Crippen LogP contribution in [0.3, 0.4) is 0 Å². The summed E-state index contributed by atoms with van der Waals surface area (Å²) in [7, 11) is 0. The first kappa shape index (κ1) is 18.1. The highest BCUT2D eigenvalue weighted by atomic mass is 32.1. The lowest BCUT2D eigenvalue weighted by Gasteiger charge is -2.11. The van der Waals surface area contributed by atoms with Crippen molar-refractivity contribution in [2.24, 2.45) is 0 Å². The van der Waals surface area contributed by atoms with E-state index in [4.69, 9.17) is 5.11 Å². The third-order valence-corrected chi connectivity index (χ3v) is 5.12. The van der Waals surface area contributed by atoms with Gasteiger partial charge in [0.15, 0.2) is 0 Å². The molecule has 2 aromatic heterocycles. The lowest BCUT2D eigenvalue weighted by atomic mass is 10.2. The number of hydrogen-bond acceptors (Lipinski definition) is 4. The first-order valence-electron chi connectivity index (χ1n) is 8.13. The number of aliphatic carboxylic acids is 1. The monoisotopic (exact) mass is 375 g/mol. The highest BCUT2D eigenvalue weighted by Gasteiger charge is 2.18. The van der Waals surface area contributed by atoms with Gasteiger partial charge in [-0.25, -0.2) is 9.07 Å². The number of amides is 1. The summed E-state index contributed by atoms with van der Waals surface area (Å²) in [6.07, 6.45) is 0.376. The topological polar surface area (TPSA) is 84.2 Å². The van der Waals surface area contributed by atoms with Crippen LogP contribution in [0.5, 0.6) is 0 Å². The van der Waals surface area contributed by atoms with E-state index < -0.39 is 5.97 Å². The molecule has 0 fully saturated rings. The molecular weight excluding hydrogens is 357 g/mol. The van der Waals surface area contributed by atoms with Crippen molar-refractivity contribution in [2.45, 2.75) is 32.7 Å². The number of carboxylic acids is 1. The van der Waals surface area contributed by atoms with E-state index in [0.29, 0.717) is 17.0 Å². The number of carbonyl (C=O) groups excluding carboxylic acids is 1. The Morgan fingerprint density at radius 3 is 2.69 bits per heavy atom. The Hall–Kier alpha value is -2.74. The van der Waals surface area contributed by atoms with Crippen molar-refractivity contribution in [1.82, 2.24) is 15.1 Å². The molecule has 8 heteroatoms. The first-order valence-corrected chi connectivity index (χ1v) is 8.94. The van der Waals surface area contributed by atoms with Gasteiger partial charge >= 0.3 is 5.97 Å². The summed E-state index contributed by atoms with van der Waals surface area (Å²) in [5.41, 5.74) is 1.49. The van der Waals surface area contributed by atoms with Crippen LogP contribution in [0.4, 0.5) is 4.39 Å². The number of carbonyl (C=O) groups is 2. The fourth-order valence-electron chi connectivity index (χ4n) is 2.62. The zero-order valence-electron chi connectivity index (χ0n) is 14.3. The minimum atomic E-state index is -0.886. The molecule has 0 saturated carbocycles. The number of rotatable bonds is 6. The second-order valence-electron chi connectivity index (χ2n) is 6.11. The number of carboxylic acid groups (broad SMARTS) is 1. The summed E-state index contributed by atoms with van der Waals surface area (Å²) in [5.74, 6) is -1.45. The maximum atomic E-state index is 13.1. The molecule has 2 N–H and O–H groups in total. The Morgan fingerprint density at radius 1 is 1.35 bits per heavy atom. The van der Waals surface area contributed by atoms with Gasteiger partial charge < -0.3 is 10.4 Å². The summed E-state index contributed by atoms with van der Waals surface area (Å²) in [6.45, 7) is 3.63. The van der Waals surface area contributed by atoms with Gasteiger partial charge in [-0.15, -0.1) is 11.3 Å². The molecular formula is C18H18FN3O3S. The fraction of sp³-hybridized carbons (Fsp3) is 0.278. The molecule has 26 heavy (non-hydrogen) atoms. The van der Waals surface area contributed by atoms with E-state index in [9.17, 15) is 14.0 Å². The van der Waals surface area contributed by atoms with E-state index in [1.807, 2.05) is 6.92 Å². The predicted octanol–water partition coefficient (Wildman–Crippen LogP) is 3.52. The largest absolute Gasteiger partial charge is 0.481 e. The zero-order chi connectivity index (χ0) is 18.8. The Kier molecular flexibility index (Phi) is 5.03. The highest BCUT2D eigenvalue weighted by molar-refractivity contribution is 7.20. The van der Waals surface area contributed by atoms with Gasteiger partial charge in [-0.3, -0.25) is 9.59 Å². The minimum absolute atomic E-state index is 0.00645. The molecule has 3 aromatic rings. The number of aromatic nitrogens is 2. The van der Waals surface area contributed by atoms with Gasteiger partial charge in [-0.05, 0) is 50.6 Å². The van der Waals surface area contributed by atoms with Crippen molar-refractivity contribution in [3.05, 3.63) is 46.7 Å². The van der Waals surface area contributed by atoms with Crippen molar-refractivity contribution >= 4 is 33.4 Å². The third-order valence-electron chi connectivity index (χ3n) is 4.01. The van der Waals surface area contributed by atoms with Crippen LogP contribution in [0.15, 0.2) is 30.3 Å². The second-order valence-corrected chi connectivity index (χ2v) is 7.14. The zero-order valence-corrected chi connectivity index (χ0v) is 15.1. The van der Waals surface area contributed by atoms with Gasteiger partial charge in [-0.1, -0.05) is 0 Å². The molecule has 0 bridgehead atoms. The lowest BCUT2D eigenvalue weighted by Crippen LogP contribution is -2.32. The third kappa shape index (κ3) is 3.75. The highest BCUT2D eigenvalue weighted by Crippen LogP contribution is 2.30. The molecule has 0 aliphatic carbocycles. The Morgan fingerprint density at radius 2 is 2.04 bits per heavy atom. The molecule has 6 nitrogen and oxygen atoms in total. The fourth-order valence-corrected chi connectivity index (χ4v) is 3.71. The molecule has 3 rings (SSSR count). The summed E-state index contributed by atoms with van der Waals surface area (Å²) in [6, 6.07) is 7.54. The van der Waals surface area contributed by atoms with Crippen LogP contribution in [0.1, 0.15) is 35.1 Å². The molecule has 2 heterocycles. The molecule has 1 aromatic carbocycles. The van der Waals surface area contributed by atoms with E-state index in [-0.39, 0.29) is 24.2 Å². The van der Waals surface area contributed by atoms with Crippen LogP contribution in [0, 0.1) is 12.7 Å². The van der Waals surface area contributed by atoms with Gasteiger partial charge in [0.05, 0.1) is 16.3 Å². The summed E-state index contributed by atoms with van der Waals surface area (Å²) in [5, 5.41) is 16.9. The van der Waals surface area contributed by atoms with Gasteiger partial charge in [0.25, 0.3) is 5.91 Å². The SMILES string of the molecule is Cc1nn(-c2ccc(F)cc2)c2sc(C(=O)NC(C)CCC(=O)O)cc12. The van der Waals surface area contributed by atoms with E-state index >= 15 is 0 Å². The van der Waals surface area contributed by atoms with Crippen molar-refractivity contribution in [3.8, 4) is 5.69 Å². The van der Waals surface area contributed by atoms with Gasteiger partial charge in [0, 0.05) is 17.8 Å². The van der Waals surface area contributed by atoms with Crippen molar-refractivity contribution in [1.29, 1.82) is 0 Å². The van der Waals surface area contributed by atoms with Crippen LogP contribution in [-0.4, -0.2) is 32.8 Å². The number of thiophene rings is 1. The van der Waals surface area contributed by atoms with Crippen LogP contribution in [0.2, 0.25) is 0 Å². The second kappa shape index (κ2) is 7.25. The lowest BCUT2D eigenvalue weighted by molar-refractivity contribution is -0.137. The first-order chi connectivity index (χ1) is 12.3. The average molecular weight is 375 g/mol. The number of benzene rings is 1. The summed E-state index contributed by atoms with van der Waals surface area (Å²) in [4.78, 5) is 24.4. The van der Waals surface area contributed by atoms with E-state index in [0.717, 1.165) is 15.9 Å². The smallest absolute Gasteiger partial charge is 0.303 e. The molecule has 0 aliphatic heterocycles. The van der Waals surface area contributed by atoms with Crippen molar-refractivity contribution in [2.75, 3.05) is 0 Å². The van der Waals surface area contributed by atoms with Gasteiger partial charge in [0.1, 0.15) is 10.6 Å². The Bertz CT molecular complexity index is 962. The van der Waals surface area contributed by atoms with Crippen LogP contribution < -0.4 is 5.32 Å². The Labute approximate surface area is 153 Å². The number of fused-ring (bicyclic) bond motifs is 1. The minimum Gasteiger partial charge on any atom is -0.481 e. The number of nitrogens with zero attached hydrogens (tertiary/aromatic N) is 2. The van der Waals surface area contributed by atoms with Crippen LogP contribution in [0.25, 0.3) is 15.9 Å². The maximum Gasteiger partial charge on any atom is 0.303 e. The number of aryl methyl sites for hydroxylation is 1. The van der Waals surface area contributed by atoms with Crippen molar-refractivity contribution < 1.29 is 19.1 Å². The summed E-state index contributed by atoms with van der Waals surface area (Å²) >= 11 is 1.30. The van der Waals surface area contributed by atoms with E-state index in [1.165, 1.54) is 23.5 Å². The van der Waals surface area contributed by atoms with Gasteiger partial charge in [-0.2, -0.15) is 5.10 Å². The molecule has 0 saturated heterocycles. The van der Waals surface area contributed by atoms with Crippen LogP contribution in [-0.2, 0) is 4.79 Å². The molecule has 0 spiro atoms. The average Bonchev–Trinajstić information content (AvgIpc) is 3.15.